The van der Waals surface area contributed by atoms with E-state index in [1.807, 2.05) is 37.3 Å². The van der Waals surface area contributed by atoms with Crippen molar-refractivity contribution >= 4 is 46.4 Å². The number of rotatable bonds is 3. The van der Waals surface area contributed by atoms with Gasteiger partial charge in [-0.25, -0.2) is 4.98 Å². The van der Waals surface area contributed by atoms with E-state index in [2.05, 4.69) is 15.6 Å². The number of pyridine rings is 1. The van der Waals surface area contributed by atoms with Crippen LogP contribution in [0.4, 0.5) is 5.82 Å². The summed E-state index contributed by atoms with van der Waals surface area (Å²) in [6.45, 7) is 2.03. The van der Waals surface area contributed by atoms with Crippen molar-refractivity contribution in [2.24, 2.45) is 0 Å². The quantitative estimate of drug-likeness (QED) is 0.818. The summed E-state index contributed by atoms with van der Waals surface area (Å²) in [6, 6.07) is 11.7. The van der Waals surface area contributed by atoms with E-state index in [0.717, 1.165) is 5.56 Å². The largest absolute Gasteiger partial charge is 0.356 e. The zero-order valence-electron chi connectivity index (χ0n) is 10.7. The smallest absolute Gasteiger partial charge is 0.172 e. The van der Waals surface area contributed by atoms with Crippen LogP contribution in [0.15, 0.2) is 42.6 Å². The van der Waals surface area contributed by atoms with Gasteiger partial charge in [0.2, 0.25) is 0 Å². The molecule has 20 heavy (non-hydrogen) atoms. The third kappa shape index (κ3) is 4.07. The summed E-state index contributed by atoms with van der Waals surface area (Å²) in [5, 5.41) is 7.50. The second-order valence-electron chi connectivity index (χ2n) is 4.21. The Morgan fingerprint density at radius 2 is 1.95 bits per heavy atom. The number of anilines is 1. The van der Waals surface area contributed by atoms with Crippen molar-refractivity contribution in [3.8, 4) is 0 Å². The van der Waals surface area contributed by atoms with E-state index >= 15 is 0 Å². The molecule has 2 N–H and O–H groups in total. The predicted octanol–water partition coefficient (Wildman–Crippen LogP) is 4.44. The van der Waals surface area contributed by atoms with Crippen LogP contribution in [0.5, 0.6) is 0 Å². The molecule has 0 fully saturated rings. The lowest BCUT2D eigenvalue weighted by atomic mass is 10.1. The first-order valence-corrected chi connectivity index (χ1v) is 7.16. The second kappa shape index (κ2) is 6.88. The average molecular weight is 326 g/mol. The van der Waals surface area contributed by atoms with E-state index < -0.39 is 0 Å². The molecule has 0 saturated carbocycles. The Morgan fingerprint density at radius 1 is 1.25 bits per heavy atom. The van der Waals surface area contributed by atoms with Gasteiger partial charge in [0.25, 0.3) is 0 Å². The molecule has 2 rings (SSSR count). The van der Waals surface area contributed by atoms with Gasteiger partial charge in [-0.2, -0.15) is 0 Å². The number of hydrogen-bond donors (Lipinski definition) is 2. The Labute approximate surface area is 133 Å². The summed E-state index contributed by atoms with van der Waals surface area (Å²) >= 11 is 17.1. The highest BCUT2D eigenvalue weighted by molar-refractivity contribution is 7.80. The summed E-state index contributed by atoms with van der Waals surface area (Å²) in [5.74, 6) is 0.480. The van der Waals surface area contributed by atoms with Gasteiger partial charge in [0.1, 0.15) is 0 Å². The number of benzene rings is 1. The third-order valence-electron chi connectivity index (χ3n) is 2.69. The fourth-order valence-corrected chi connectivity index (χ4v) is 2.37. The molecular formula is C14H13Cl2N3S. The molecule has 0 aliphatic carbocycles. The molecule has 0 bridgehead atoms. The Balaban J connectivity index is 1.99. The van der Waals surface area contributed by atoms with E-state index in [1.54, 1.807) is 6.07 Å². The Morgan fingerprint density at radius 3 is 2.60 bits per heavy atom. The van der Waals surface area contributed by atoms with E-state index in [0.29, 0.717) is 21.0 Å². The number of thiocarbonyl (C=S) groups is 1. The molecule has 104 valence electrons. The lowest BCUT2D eigenvalue weighted by Gasteiger charge is -2.17. The monoisotopic (exact) mass is 325 g/mol. The van der Waals surface area contributed by atoms with Crippen LogP contribution >= 0.6 is 35.4 Å². The fourth-order valence-electron chi connectivity index (χ4n) is 1.67. The lowest BCUT2D eigenvalue weighted by Crippen LogP contribution is -2.31. The van der Waals surface area contributed by atoms with Crippen molar-refractivity contribution in [1.82, 2.24) is 10.3 Å². The van der Waals surface area contributed by atoms with Gasteiger partial charge in [0.05, 0.1) is 16.1 Å². The van der Waals surface area contributed by atoms with Crippen LogP contribution in [0.2, 0.25) is 10.0 Å². The van der Waals surface area contributed by atoms with Crippen molar-refractivity contribution in [3.05, 3.63) is 58.2 Å². The summed E-state index contributed by atoms with van der Waals surface area (Å²) in [6.07, 6.45) is 1.51. The molecular weight excluding hydrogens is 313 g/mol. The van der Waals surface area contributed by atoms with Crippen LogP contribution in [-0.2, 0) is 0 Å². The van der Waals surface area contributed by atoms with Crippen molar-refractivity contribution in [2.45, 2.75) is 13.0 Å². The molecule has 1 heterocycles. The summed E-state index contributed by atoms with van der Waals surface area (Å²) in [7, 11) is 0. The van der Waals surface area contributed by atoms with Crippen LogP contribution in [0.25, 0.3) is 0 Å². The fraction of sp³-hybridized carbons (Fsp3) is 0.143. The van der Waals surface area contributed by atoms with E-state index in [9.17, 15) is 0 Å². The van der Waals surface area contributed by atoms with Gasteiger partial charge in [0.15, 0.2) is 10.9 Å². The molecule has 1 atom stereocenters. The summed E-state index contributed by atoms with van der Waals surface area (Å²) < 4.78 is 0. The topological polar surface area (TPSA) is 37.0 Å². The van der Waals surface area contributed by atoms with Crippen LogP contribution in [-0.4, -0.2) is 10.1 Å². The maximum atomic E-state index is 6.03. The van der Waals surface area contributed by atoms with Crippen LogP contribution in [0, 0.1) is 0 Å². The summed E-state index contributed by atoms with van der Waals surface area (Å²) in [5.41, 5.74) is 1.15. The standard InChI is InChI=1S/C14H13Cl2N3S/c1-9(10-5-3-2-4-6-10)18-14(20)19-13-12(16)7-11(15)8-17-13/h2-9H,1H3,(H2,17,18,19,20). The van der Waals surface area contributed by atoms with Crippen LogP contribution < -0.4 is 10.6 Å². The third-order valence-corrected chi connectivity index (χ3v) is 3.40. The molecule has 3 nitrogen and oxygen atoms in total. The maximum Gasteiger partial charge on any atom is 0.172 e. The van der Waals surface area contributed by atoms with Crippen LogP contribution in [0.1, 0.15) is 18.5 Å². The number of hydrogen-bond acceptors (Lipinski definition) is 2. The molecule has 0 aliphatic heterocycles. The normalized spacial score (nSPS) is 11.8. The first-order chi connectivity index (χ1) is 9.56. The van der Waals surface area contributed by atoms with E-state index in [-0.39, 0.29) is 6.04 Å². The first-order valence-electron chi connectivity index (χ1n) is 6.00. The maximum absolute atomic E-state index is 6.03. The van der Waals surface area contributed by atoms with Gasteiger partial charge in [-0.1, -0.05) is 53.5 Å². The molecule has 0 saturated heterocycles. The first kappa shape index (κ1) is 15.0. The number of aromatic nitrogens is 1. The minimum atomic E-state index is 0.0854. The molecule has 6 heteroatoms. The van der Waals surface area contributed by atoms with Crippen molar-refractivity contribution in [3.63, 3.8) is 0 Å². The number of halogens is 2. The molecule has 0 spiro atoms. The van der Waals surface area contributed by atoms with E-state index in [1.165, 1.54) is 6.20 Å². The zero-order valence-corrected chi connectivity index (χ0v) is 13.1. The number of nitrogens with zero attached hydrogens (tertiary/aromatic N) is 1. The zero-order chi connectivity index (χ0) is 14.5. The second-order valence-corrected chi connectivity index (χ2v) is 5.47. The molecule has 0 aliphatic rings. The summed E-state index contributed by atoms with van der Waals surface area (Å²) in [4.78, 5) is 4.10. The highest BCUT2D eigenvalue weighted by Crippen LogP contribution is 2.22. The van der Waals surface area contributed by atoms with Gasteiger partial charge < -0.3 is 10.6 Å². The van der Waals surface area contributed by atoms with Crippen molar-refractivity contribution < 1.29 is 0 Å². The SMILES string of the molecule is CC(NC(=S)Nc1ncc(Cl)cc1Cl)c1ccccc1. The van der Waals surface area contributed by atoms with Crippen LogP contribution in [0.3, 0.4) is 0 Å². The highest BCUT2D eigenvalue weighted by atomic mass is 35.5. The minimum Gasteiger partial charge on any atom is -0.356 e. The van der Waals surface area contributed by atoms with Gasteiger partial charge in [-0.15, -0.1) is 0 Å². The Bertz CT molecular complexity index is 605. The molecule has 1 aromatic heterocycles. The number of nitrogens with one attached hydrogen (secondary N) is 2. The van der Waals surface area contributed by atoms with Crippen molar-refractivity contribution in [2.75, 3.05) is 5.32 Å². The minimum absolute atomic E-state index is 0.0854. The van der Waals surface area contributed by atoms with Gasteiger partial charge >= 0.3 is 0 Å². The molecule has 1 aromatic carbocycles. The van der Waals surface area contributed by atoms with E-state index in [4.69, 9.17) is 35.4 Å². The molecule has 1 unspecified atom stereocenters. The molecule has 2 aromatic rings. The average Bonchev–Trinajstić information content (AvgIpc) is 2.43. The van der Waals surface area contributed by atoms with Gasteiger partial charge in [-0.3, -0.25) is 0 Å². The highest BCUT2D eigenvalue weighted by Gasteiger charge is 2.09. The predicted molar refractivity (Wildman–Crippen MR) is 88.5 cm³/mol. The Hall–Kier alpha value is -1.36. The van der Waals surface area contributed by atoms with Gasteiger partial charge in [-0.05, 0) is 30.8 Å². The van der Waals surface area contributed by atoms with Crippen molar-refractivity contribution in [1.29, 1.82) is 0 Å². The Kier molecular flexibility index (Phi) is 5.17. The molecule has 0 amide bonds. The van der Waals surface area contributed by atoms with Gasteiger partial charge in [0, 0.05) is 6.20 Å². The lowest BCUT2D eigenvalue weighted by molar-refractivity contribution is 0.722. The molecule has 0 radical (unpaired) electrons.